The highest BCUT2D eigenvalue weighted by Crippen LogP contribution is 2.24. The van der Waals surface area contributed by atoms with Crippen molar-refractivity contribution in [3.8, 4) is 0 Å². The average Bonchev–Trinajstić information content (AvgIpc) is 3.18. The Morgan fingerprint density at radius 2 is 1.77 bits per heavy atom. The lowest BCUT2D eigenvalue weighted by molar-refractivity contribution is -0.121. The zero-order chi connectivity index (χ0) is 20.9. The molecule has 0 bridgehead atoms. The van der Waals surface area contributed by atoms with Crippen LogP contribution in [0.1, 0.15) is 22.9 Å². The standard InChI is InChI=1S/C24H25N5O/c1-29(2)19-12-10-18(11-13-19)16-22(30)26-21(15-17-7-4-3-5-8-17)23-20-9-6-14-25-24(20)28-27-23/h3-14,21H,15-16H2,1-2H3,(H,26,30)(H,25,27,28)/t21-/m1/s1. The van der Waals surface area contributed by atoms with Crippen LogP contribution in [0.4, 0.5) is 5.69 Å². The fourth-order valence-corrected chi connectivity index (χ4v) is 3.55. The first-order valence-electron chi connectivity index (χ1n) is 9.98. The Balaban J connectivity index is 1.55. The summed E-state index contributed by atoms with van der Waals surface area (Å²) in [7, 11) is 4.00. The predicted molar refractivity (Wildman–Crippen MR) is 119 cm³/mol. The number of nitrogens with zero attached hydrogens (tertiary/aromatic N) is 3. The molecule has 0 aliphatic carbocycles. The van der Waals surface area contributed by atoms with Crippen molar-refractivity contribution in [1.29, 1.82) is 0 Å². The summed E-state index contributed by atoms with van der Waals surface area (Å²) >= 11 is 0. The van der Waals surface area contributed by atoms with Crippen LogP contribution in [0.3, 0.4) is 0 Å². The summed E-state index contributed by atoms with van der Waals surface area (Å²) in [6, 6.07) is 21.8. The minimum absolute atomic E-state index is 0.0276. The van der Waals surface area contributed by atoms with E-state index in [4.69, 9.17) is 0 Å². The third-order valence-corrected chi connectivity index (χ3v) is 5.14. The van der Waals surface area contributed by atoms with Crippen molar-refractivity contribution in [3.63, 3.8) is 0 Å². The molecular formula is C24H25N5O. The highest BCUT2D eigenvalue weighted by atomic mass is 16.1. The van der Waals surface area contributed by atoms with Crippen molar-refractivity contribution in [1.82, 2.24) is 20.5 Å². The van der Waals surface area contributed by atoms with Crippen LogP contribution in [0.2, 0.25) is 0 Å². The first kappa shape index (κ1) is 19.6. The van der Waals surface area contributed by atoms with Crippen LogP contribution in [-0.2, 0) is 17.6 Å². The first-order valence-corrected chi connectivity index (χ1v) is 9.98. The van der Waals surface area contributed by atoms with Crippen molar-refractivity contribution >= 4 is 22.6 Å². The number of aromatic nitrogens is 3. The maximum Gasteiger partial charge on any atom is 0.224 e. The zero-order valence-corrected chi connectivity index (χ0v) is 17.2. The van der Waals surface area contributed by atoms with Gasteiger partial charge in [0.2, 0.25) is 5.91 Å². The zero-order valence-electron chi connectivity index (χ0n) is 17.2. The number of anilines is 1. The van der Waals surface area contributed by atoms with Crippen molar-refractivity contribution < 1.29 is 4.79 Å². The molecule has 2 aromatic carbocycles. The summed E-state index contributed by atoms with van der Waals surface area (Å²) in [4.78, 5) is 19.2. The molecule has 2 aromatic heterocycles. The summed E-state index contributed by atoms with van der Waals surface area (Å²) in [6.07, 6.45) is 2.71. The van der Waals surface area contributed by atoms with E-state index < -0.39 is 0 Å². The van der Waals surface area contributed by atoms with Crippen LogP contribution in [0.25, 0.3) is 11.0 Å². The molecule has 152 valence electrons. The maximum atomic E-state index is 12.9. The molecule has 2 heterocycles. The van der Waals surface area contributed by atoms with E-state index in [-0.39, 0.29) is 11.9 Å². The molecule has 0 unspecified atom stereocenters. The molecule has 1 amide bonds. The molecule has 0 radical (unpaired) electrons. The Morgan fingerprint density at radius 3 is 2.50 bits per heavy atom. The lowest BCUT2D eigenvalue weighted by Crippen LogP contribution is -2.31. The number of H-pyrrole nitrogens is 1. The number of rotatable bonds is 7. The SMILES string of the molecule is CN(C)c1ccc(CC(=O)N[C@H](Cc2ccccc2)c2[nH]nc3ncccc23)cc1. The molecule has 2 N–H and O–H groups in total. The Bertz CT molecular complexity index is 1120. The number of carbonyl (C=O) groups excluding carboxylic acids is 1. The normalized spacial score (nSPS) is 11.9. The van der Waals surface area contributed by atoms with Gasteiger partial charge in [-0.05, 0) is 41.8 Å². The third-order valence-electron chi connectivity index (χ3n) is 5.14. The van der Waals surface area contributed by atoms with Gasteiger partial charge in [0.05, 0.1) is 18.2 Å². The molecule has 6 nitrogen and oxygen atoms in total. The third kappa shape index (κ3) is 4.49. The molecule has 4 rings (SSSR count). The molecule has 6 heteroatoms. The molecule has 4 aromatic rings. The van der Waals surface area contributed by atoms with Gasteiger partial charge in [0.15, 0.2) is 5.65 Å². The molecule has 0 fully saturated rings. The van der Waals surface area contributed by atoms with Gasteiger partial charge in [-0.15, -0.1) is 0 Å². The molecular weight excluding hydrogens is 374 g/mol. The van der Waals surface area contributed by atoms with Crippen LogP contribution < -0.4 is 10.2 Å². The Morgan fingerprint density at radius 1 is 1.00 bits per heavy atom. The van der Waals surface area contributed by atoms with Gasteiger partial charge in [-0.2, -0.15) is 5.10 Å². The van der Waals surface area contributed by atoms with Gasteiger partial charge in [-0.25, -0.2) is 4.98 Å². The molecule has 1 atom stereocenters. The Kier molecular flexibility index (Phi) is 5.75. The van der Waals surface area contributed by atoms with Crippen LogP contribution in [0, 0.1) is 0 Å². The monoisotopic (exact) mass is 399 g/mol. The van der Waals surface area contributed by atoms with Crippen molar-refractivity contribution in [2.45, 2.75) is 18.9 Å². The summed E-state index contributed by atoms with van der Waals surface area (Å²) in [5, 5.41) is 11.5. The fraction of sp³-hybridized carbons (Fsp3) is 0.208. The fourth-order valence-electron chi connectivity index (χ4n) is 3.55. The lowest BCUT2D eigenvalue weighted by Gasteiger charge is -2.19. The topological polar surface area (TPSA) is 73.9 Å². The maximum absolute atomic E-state index is 12.9. The number of pyridine rings is 1. The van der Waals surface area contributed by atoms with E-state index in [1.54, 1.807) is 6.20 Å². The van der Waals surface area contributed by atoms with Crippen molar-refractivity contribution in [2.75, 3.05) is 19.0 Å². The number of benzene rings is 2. The average molecular weight is 399 g/mol. The van der Waals surface area contributed by atoms with Gasteiger partial charge >= 0.3 is 0 Å². The summed E-state index contributed by atoms with van der Waals surface area (Å²) in [5.74, 6) is -0.0276. The first-order chi connectivity index (χ1) is 14.6. The largest absolute Gasteiger partial charge is 0.378 e. The number of fused-ring (bicyclic) bond motifs is 1. The highest BCUT2D eigenvalue weighted by Gasteiger charge is 2.20. The number of aromatic amines is 1. The second-order valence-corrected chi connectivity index (χ2v) is 7.56. The molecule has 0 aliphatic rings. The van der Waals surface area contributed by atoms with E-state index in [2.05, 4.69) is 32.6 Å². The van der Waals surface area contributed by atoms with Gasteiger partial charge in [-0.1, -0.05) is 42.5 Å². The van der Waals surface area contributed by atoms with Gasteiger partial charge < -0.3 is 10.2 Å². The summed E-state index contributed by atoms with van der Waals surface area (Å²) < 4.78 is 0. The molecule has 0 saturated carbocycles. The van der Waals surface area contributed by atoms with Crippen molar-refractivity contribution in [2.24, 2.45) is 0 Å². The van der Waals surface area contributed by atoms with Gasteiger partial charge in [-0.3, -0.25) is 9.89 Å². The number of carbonyl (C=O) groups is 1. The minimum Gasteiger partial charge on any atom is -0.378 e. The highest BCUT2D eigenvalue weighted by molar-refractivity contribution is 5.82. The van der Waals surface area contributed by atoms with Gasteiger partial charge in [0.1, 0.15) is 0 Å². The quantitative estimate of drug-likeness (QED) is 0.497. The van der Waals surface area contributed by atoms with E-state index in [1.165, 1.54) is 0 Å². The van der Waals surface area contributed by atoms with Crippen LogP contribution >= 0.6 is 0 Å². The van der Waals surface area contributed by atoms with Gasteiger partial charge in [0, 0.05) is 31.4 Å². The molecule has 0 aliphatic heterocycles. The molecule has 30 heavy (non-hydrogen) atoms. The molecule has 0 spiro atoms. The van der Waals surface area contributed by atoms with E-state index in [1.807, 2.05) is 73.6 Å². The van der Waals surface area contributed by atoms with Crippen LogP contribution in [0.5, 0.6) is 0 Å². The second kappa shape index (κ2) is 8.78. The van der Waals surface area contributed by atoms with Gasteiger partial charge in [0.25, 0.3) is 0 Å². The molecule has 0 saturated heterocycles. The number of nitrogens with one attached hydrogen (secondary N) is 2. The van der Waals surface area contributed by atoms with Crippen LogP contribution in [0.15, 0.2) is 72.9 Å². The lowest BCUT2D eigenvalue weighted by atomic mass is 10.0. The predicted octanol–water partition coefficient (Wildman–Crippen LogP) is 3.67. The van der Waals surface area contributed by atoms with Crippen molar-refractivity contribution in [3.05, 3.63) is 89.7 Å². The number of hydrogen-bond donors (Lipinski definition) is 2. The smallest absolute Gasteiger partial charge is 0.224 e. The summed E-state index contributed by atoms with van der Waals surface area (Å²) in [6.45, 7) is 0. The minimum atomic E-state index is -0.227. The summed E-state index contributed by atoms with van der Waals surface area (Å²) in [5.41, 5.74) is 4.76. The Labute approximate surface area is 176 Å². The van der Waals surface area contributed by atoms with Crippen LogP contribution in [-0.4, -0.2) is 35.2 Å². The van der Waals surface area contributed by atoms with E-state index in [9.17, 15) is 4.79 Å². The second-order valence-electron chi connectivity index (χ2n) is 7.56. The van der Waals surface area contributed by atoms with E-state index >= 15 is 0 Å². The number of amides is 1. The van der Waals surface area contributed by atoms with E-state index in [0.717, 1.165) is 27.9 Å². The van der Waals surface area contributed by atoms with E-state index in [0.29, 0.717) is 18.5 Å². The number of hydrogen-bond acceptors (Lipinski definition) is 4. The Hall–Kier alpha value is -3.67.